The van der Waals surface area contributed by atoms with E-state index in [1.165, 1.54) is 5.56 Å². The average Bonchev–Trinajstić information content (AvgIpc) is 2.35. The predicted molar refractivity (Wildman–Crippen MR) is 89.0 cm³/mol. The van der Waals surface area contributed by atoms with Crippen molar-refractivity contribution >= 4 is 31.5 Å². The molecule has 0 amide bonds. The molecular weight excluding hydrogens is 284 g/mol. The Hall–Kier alpha value is -0.973. The normalized spacial score (nSPS) is 12.8. The molecule has 0 bridgehead atoms. The molecule has 0 atom stereocenters. The molecule has 0 aliphatic rings. The molecule has 0 saturated carbocycles. The van der Waals surface area contributed by atoms with Gasteiger partial charge in [0.1, 0.15) is 5.58 Å². The van der Waals surface area contributed by atoms with E-state index in [0.29, 0.717) is 11.3 Å². The molecule has 108 valence electrons. The van der Waals surface area contributed by atoms with Gasteiger partial charge in [-0.25, -0.2) is 0 Å². The third-order valence-electron chi connectivity index (χ3n) is 4.09. The van der Waals surface area contributed by atoms with Crippen LogP contribution in [-0.4, -0.2) is 8.32 Å². The summed E-state index contributed by atoms with van der Waals surface area (Å²) in [5, 5.41) is 1.30. The molecule has 4 heteroatoms. The molecule has 0 aliphatic carbocycles. The molecular formula is C16H22O2SSi. The van der Waals surface area contributed by atoms with Gasteiger partial charge in [0, 0.05) is 5.39 Å². The zero-order valence-electron chi connectivity index (χ0n) is 12.8. The van der Waals surface area contributed by atoms with Gasteiger partial charge in [-0.15, -0.1) is 0 Å². The minimum atomic E-state index is -1.70. The fraction of sp³-hybridized carbons (Fsp3) is 0.438. The van der Waals surface area contributed by atoms with E-state index in [9.17, 15) is 0 Å². The Morgan fingerprint density at radius 1 is 1.15 bits per heavy atom. The summed E-state index contributed by atoms with van der Waals surface area (Å²) in [4.78, 5) is 0. The summed E-state index contributed by atoms with van der Waals surface area (Å²) in [5.74, 6) is 0. The van der Waals surface area contributed by atoms with Crippen molar-refractivity contribution in [2.24, 2.45) is 0 Å². The topological polar surface area (TPSA) is 22.4 Å². The first-order valence-corrected chi connectivity index (χ1v) is 10.2. The third-order valence-corrected chi connectivity index (χ3v) is 8.79. The van der Waals surface area contributed by atoms with Crippen molar-refractivity contribution in [2.45, 2.75) is 45.5 Å². The molecule has 1 aromatic carbocycles. The Balaban J connectivity index is 2.19. The van der Waals surface area contributed by atoms with E-state index in [0.717, 1.165) is 11.0 Å². The van der Waals surface area contributed by atoms with Crippen LogP contribution >= 0.6 is 12.2 Å². The van der Waals surface area contributed by atoms with Crippen molar-refractivity contribution in [3.63, 3.8) is 0 Å². The lowest BCUT2D eigenvalue weighted by Gasteiger charge is -2.36. The lowest BCUT2D eigenvalue weighted by atomic mass is 10.1. The lowest BCUT2D eigenvalue weighted by Crippen LogP contribution is -2.40. The highest BCUT2D eigenvalue weighted by molar-refractivity contribution is 7.71. The van der Waals surface area contributed by atoms with Crippen LogP contribution in [-0.2, 0) is 11.0 Å². The summed E-state index contributed by atoms with van der Waals surface area (Å²) >= 11 is 5.03. The Morgan fingerprint density at radius 2 is 1.85 bits per heavy atom. The van der Waals surface area contributed by atoms with Gasteiger partial charge in [-0.3, -0.25) is 0 Å². The molecule has 0 aliphatic heterocycles. The van der Waals surface area contributed by atoms with E-state index in [1.54, 1.807) is 0 Å². The summed E-state index contributed by atoms with van der Waals surface area (Å²) in [5.41, 5.74) is 2.00. The van der Waals surface area contributed by atoms with Crippen LogP contribution < -0.4 is 0 Å². The van der Waals surface area contributed by atoms with E-state index in [-0.39, 0.29) is 5.04 Å². The lowest BCUT2D eigenvalue weighted by molar-refractivity contribution is 0.276. The van der Waals surface area contributed by atoms with Gasteiger partial charge in [-0.2, -0.15) is 0 Å². The molecule has 0 saturated heterocycles. The van der Waals surface area contributed by atoms with Gasteiger partial charge in [0.15, 0.2) is 13.0 Å². The molecule has 0 spiro atoms. The van der Waals surface area contributed by atoms with Crippen molar-refractivity contribution in [2.75, 3.05) is 0 Å². The summed E-state index contributed by atoms with van der Waals surface area (Å²) in [6.45, 7) is 12.0. The highest BCUT2D eigenvalue weighted by Crippen LogP contribution is 2.37. The van der Waals surface area contributed by atoms with Gasteiger partial charge in [-0.05, 0) is 60.2 Å². The largest absolute Gasteiger partial charge is 0.445 e. The zero-order valence-corrected chi connectivity index (χ0v) is 14.6. The Labute approximate surface area is 126 Å². The number of rotatable bonds is 3. The van der Waals surface area contributed by atoms with Gasteiger partial charge in [0.2, 0.25) is 0 Å². The van der Waals surface area contributed by atoms with Crippen LogP contribution in [0.15, 0.2) is 34.7 Å². The standard InChI is InChI=1S/C16H22O2SSi/c1-16(2,3)20(4,5)17-11-12-6-8-14-13(10-12)7-9-15(19)18-14/h6-10H,11H2,1-5H3. The maximum Gasteiger partial charge on any atom is 0.192 e. The van der Waals surface area contributed by atoms with Crippen LogP contribution in [0.25, 0.3) is 11.0 Å². The summed E-state index contributed by atoms with van der Waals surface area (Å²) in [6, 6.07) is 9.94. The second-order valence-electron chi connectivity index (χ2n) is 6.68. The van der Waals surface area contributed by atoms with Crippen molar-refractivity contribution in [1.82, 2.24) is 0 Å². The van der Waals surface area contributed by atoms with Gasteiger partial charge >= 0.3 is 0 Å². The summed E-state index contributed by atoms with van der Waals surface area (Å²) < 4.78 is 12.3. The highest BCUT2D eigenvalue weighted by Gasteiger charge is 2.36. The van der Waals surface area contributed by atoms with Gasteiger partial charge in [0.25, 0.3) is 0 Å². The van der Waals surface area contributed by atoms with Gasteiger partial charge in [-0.1, -0.05) is 26.8 Å². The van der Waals surface area contributed by atoms with E-state index in [1.807, 2.05) is 24.3 Å². The SMILES string of the molecule is CC(C)(C)[Si](C)(C)OCc1ccc2oc(=S)ccc2c1. The number of hydrogen-bond acceptors (Lipinski definition) is 3. The van der Waals surface area contributed by atoms with Crippen LogP contribution in [0.4, 0.5) is 0 Å². The van der Waals surface area contributed by atoms with Crippen LogP contribution in [0.3, 0.4) is 0 Å². The van der Waals surface area contributed by atoms with Crippen molar-refractivity contribution in [3.05, 3.63) is 40.6 Å². The molecule has 20 heavy (non-hydrogen) atoms. The molecule has 2 nitrogen and oxygen atoms in total. The minimum absolute atomic E-state index is 0.233. The first-order valence-electron chi connectivity index (χ1n) is 6.86. The predicted octanol–water partition coefficient (Wildman–Crippen LogP) is 5.68. The second kappa shape index (κ2) is 5.43. The quantitative estimate of drug-likeness (QED) is 0.537. The van der Waals surface area contributed by atoms with Crippen LogP contribution in [0, 0.1) is 4.71 Å². The maximum absolute atomic E-state index is 6.24. The van der Waals surface area contributed by atoms with Gasteiger partial charge in [0.05, 0.1) is 6.61 Å². The monoisotopic (exact) mass is 306 g/mol. The smallest absolute Gasteiger partial charge is 0.192 e. The van der Waals surface area contributed by atoms with Crippen molar-refractivity contribution in [3.8, 4) is 0 Å². The molecule has 1 aromatic heterocycles. The molecule has 1 heterocycles. The fourth-order valence-electron chi connectivity index (χ4n) is 1.69. The number of benzene rings is 1. The van der Waals surface area contributed by atoms with E-state index >= 15 is 0 Å². The second-order valence-corrected chi connectivity index (χ2v) is 11.9. The summed E-state index contributed by atoms with van der Waals surface area (Å²) in [6.07, 6.45) is 0. The number of fused-ring (bicyclic) bond motifs is 1. The Morgan fingerprint density at radius 3 is 2.50 bits per heavy atom. The van der Waals surface area contributed by atoms with E-state index < -0.39 is 8.32 Å². The molecule has 0 unspecified atom stereocenters. The van der Waals surface area contributed by atoms with Crippen LogP contribution in [0.5, 0.6) is 0 Å². The summed E-state index contributed by atoms with van der Waals surface area (Å²) in [7, 11) is -1.70. The number of hydrogen-bond donors (Lipinski definition) is 0. The van der Waals surface area contributed by atoms with Gasteiger partial charge < -0.3 is 8.84 Å². The van der Waals surface area contributed by atoms with E-state index in [4.69, 9.17) is 21.1 Å². The Bertz CT molecular complexity index is 668. The van der Waals surface area contributed by atoms with E-state index in [2.05, 4.69) is 39.9 Å². The molecule has 2 rings (SSSR count). The van der Waals surface area contributed by atoms with Crippen LogP contribution in [0.2, 0.25) is 18.1 Å². The van der Waals surface area contributed by atoms with Crippen molar-refractivity contribution in [1.29, 1.82) is 0 Å². The fourth-order valence-corrected chi connectivity index (χ4v) is 2.81. The first-order chi connectivity index (χ1) is 9.19. The average molecular weight is 307 g/mol. The third kappa shape index (κ3) is 3.37. The molecule has 0 N–H and O–H groups in total. The maximum atomic E-state index is 6.24. The van der Waals surface area contributed by atoms with Crippen LogP contribution in [0.1, 0.15) is 26.3 Å². The first kappa shape index (κ1) is 15.4. The highest BCUT2D eigenvalue weighted by atomic mass is 32.1. The molecule has 0 radical (unpaired) electrons. The molecule has 2 aromatic rings. The Kier molecular flexibility index (Phi) is 4.18. The zero-order chi connectivity index (χ0) is 15.0. The molecule has 0 fully saturated rings. The minimum Gasteiger partial charge on any atom is -0.445 e. The van der Waals surface area contributed by atoms with Crippen molar-refractivity contribution < 1.29 is 8.84 Å².